The summed E-state index contributed by atoms with van der Waals surface area (Å²) < 4.78 is 13.3. The van der Waals surface area contributed by atoms with Gasteiger partial charge >= 0.3 is 0 Å². The van der Waals surface area contributed by atoms with Gasteiger partial charge in [0.25, 0.3) is 8.32 Å². The third kappa shape index (κ3) is 12.1. The fourth-order valence-electron chi connectivity index (χ4n) is 6.71. The molecule has 1 N–H and O–H groups in total. The van der Waals surface area contributed by atoms with Crippen molar-refractivity contribution in [3.63, 3.8) is 0 Å². The van der Waals surface area contributed by atoms with Gasteiger partial charge in [0.15, 0.2) is 0 Å². The Kier molecular flexibility index (Phi) is 16.6. The van der Waals surface area contributed by atoms with Crippen LogP contribution in [0.4, 0.5) is 0 Å². The Balaban J connectivity index is 1.39. The molecule has 0 bridgehead atoms. The quantitative estimate of drug-likeness (QED) is 0.0688. The molecule has 5 heteroatoms. The van der Waals surface area contributed by atoms with Gasteiger partial charge in [0.2, 0.25) is 5.78 Å². The number of unbranched alkanes of at least 4 members (excludes halogenated alkanes) is 12. The molecule has 45 heavy (non-hydrogen) atoms. The summed E-state index contributed by atoms with van der Waals surface area (Å²) >= 11 is 0. The summed E-state index contributed by atoms with van der Waals surface area (Å²) in [5.74, 6) is 5.61. The zero-order valence-electron chi connectivity index (χ0n) is 28.7. The van der Waals surface area contributed by atoms with Crippen LogP contribution < -0.4 is 10.4 Å². The van der Waals surface area contributed by atoms with Gasteiger partial charge in [0, 0.05) is 12.8 Å². The monoisotopic (exact) mass is 632 g/mol. The first-order valence-electron chi connectivity index (χ1n) is 17.9. The number of hydrogen-bond acceptors (Lipinski definition) is 4. The van der Waals surface area contributed by atoms with E-state index in [2.05, 4.69) is 88.1 Å². The van der Waals surface area contributed by atoms with Crippen LogP contribution in [0.5, 0.6) is 0 Å². The number of hydrogen-bond donors (Lipinski definition) is 1. The molecular weight excluding hydrogens is 573 g/mol. The molecule has 0 aromatic heterocycles. The lowest BCUT2D eigenvalue weighted by Gasteiger charge is -2.43. The summed E-state index contributed by atoms with van der Waals surface area (Å²) in [6.45, 7) is 9.54. The number of carbonyl (C=O) groups is 1. The largest absolute Gasteiger partial charge is 0.405 e. The molecule has 4 nitrogen and oxygen atoms in total. The molecule has 2 aromatic carbocycles. The van der Waals surface area contributed by atoms with E-state index in [1.54, 1.807) is 0 Å². The molecule has 0 amide bonds. The topological polar surface area (TPSA) is 55.8 Å². The molecule has 3 atom stereocenters. The van der Waals surface area contributed by atoms with Gasteiger partial charge in [0.1, 0.15) is 0 Å². The van der Waals surface area contributed by atoms with Gasteiger partial charge in [-0.05, 0) is 40.6 Å². The van der Waals surface area contributed by atoms with Crippen LogP contribution in [0.15, 0.2) is 60.7 Å². The van der Waals surface area contributed by atoms with Gasteiger partial charge in [-0.1, -0.05) is 165 Å². The first kappa shape index (κ1) is 37.2. The average molecular weight is 633 g/mol. The maximum absolute atomic E-state index is 12.5. The molecule has 0 saturated carbocycles. The highest BCUT2D eigenvalue weighted by molar-refractivity contribution is 6.99. The number of carbonyl (C=O) groups excluding carboxylic acids is 1. The van der Waals surface area contributed by atoms with Crippen LogP contribution in [0.25, 0.3) is 0 Å². The number of ketones is 1. The van der Waals surface area contributed by atoms with Crippen molar-refractivity contribution in [3.8, 4) is 11.8 Å². The van der Waals surface area contributed by atoms with Crippen LogP contribution in [-0.2, 0) is 14.0 Å². The lowest BCUT2D eigenvalue weighted by Crippen LogP contribution is -2.67. The Bertz CT molecular complexity index is 1110. The highest BCUT2D eigenvalue weighted by Crippen LogP contribution is 2.37. The molecule has 1 saturated heterocycles. The molecule has 1 heterocycles. The molecule has 1 aliphatic heterocycles. The van der Waals surface area contributed by atoms with E-state index in [9.17, 15) is 9.90 Å². The first-order chi connectivity index (χ1) is 21.8. The van der Waals surface area contributed by atoms with E-state index in [-0.39, 0.29) is 29.5 Å². The van der Waals surface area contributed by atoms with Crippen molar-refractivity contribution in [2.45, 2.75) is 154 Å². The normalized spacial score (nSPS) is 17.5. The van der Waals surface area contributed by atoms with Crippen molar-refractivity contribution in [3.05, 3.63) is 60.7 Å². The summed E-state index contributed by atoms with van der Waals surface area (Å²) in [6, 6.07) is 21.2. The zero-order valence-corrected chi connectivity index (χ0v) is 29.7. The van der Waals surface area contributed by atoms with Crippen LogP contribution in [0, 0.1) is 11.8 Å². The Morgan fingerprint density at radius 3 is 1.87 bits per heavy atom. The van der Waals surface area contributed by atoms with Crippen LogP contribution in [0.1, 0.15) is 130 Å². The summed E-state index contributed by atoms with van der Waals surface area (Å²) in [4.78, 5) is 12.5. The van der Waals surface area contributed by atoms with E-state index in [4.69, 9.17) is 9.16 Å². The fourth-order valence-corrected chi connectivity index (χ4v) is 11.3. The number of aliphatic hydroxyl groups is 1. The minimum atomic E-state index is -2.65. The molecular formula is C40H60O4Si. The summed E-state index contributed by atoms with van der Waals surface area (Å²) in [6.07, 6.45) is 16.7. The minimum absolute atomic E-state index is 0.0262. The SMILES string of the molecule is CCCCCCCCCCCCCCC#CC(=O)C[C@H](O)[C@@H]1CC[C@@H](CO[Si](c2ccccc2)(c2ccccc2)C(C)(C)C)O1. The summed E-state index contributed by atoms with van der Waals surface area (Å²) in [7, 11) is -2.65. The predicted molar refractivity (Wildman–Crippen MR) is 191 cm³/mol. The Hall–Kier alpha value is -2.23. The molecule has 0 aliphatic carbocycles. The van der Waals surface area contributed by atoms with E-state index < -0.39 is 14.4 Å². The van der Waals surface area contributed by atoms with E-state index in [1.165, 1.54) is 81.0 Å². The maximum atomic E-state index is 12.5. The number of aliphatic hydroxyl groups excluding tert-OH is 1. The van der Waals surface area contributed by atoms with Gasteiger partial charge in [-0.2, -0.15) is 0 Å². The van der Waals surface area contributed by atoms with Crippen LogP contribution in [-0.4, -0.2) is 44.1 Å². The predicted octanol–water partition coefficient (Wildman–Crippen LogP) is 8.53. The second kappa shape index (κ2) is 20.1. The van der Waals surface area contributed by atoms with Crippen molar-refractivity contribution < 1.29 is 19.1 Å². The van der Waals surface area contributed by atoms with Crippen molar-refractivity contribution in [1.29, 1.82) is 0 Å². The highest BCUT2D eigenvalue weighted by Gasteiger charge is 2.50. The van der Waals surface area contributed by atoms with Crippen LogP contribution in [0.3, 0.4) is 0 Å². The lowest BCUT2D eigenvalue weighted by atomic mass is 10.0. The molecule has 1 aliphatic rings. The Morgan fingerprint density at radius 2 is 1.36 bits per heavy atom. The second-order valence-electron chi connectivity index (χ2n) is 14.0. The molecule has 2 aromatic rings. The third-order valence-corrected chi connectivity index (χ3v) is 14.3. The van der Waals surface area contributed by atoms with Crippen LogP contribution in [0.2, 0.25) is 5.04 Å². The van der Waals surface area contributed by atoms with Gasteiger partial charge in [0.05, 0.1) is 24.9 Å². The van der Waals surface area contributed by atoms with Gasteiger partial charge in [-0.3, -0.25) is 4.79 Å². The zero-order chi connectivity index (χ0) is 32.4. The van der Waals surface area contributed by atoms with Gasteiger partial charge in [-0.15, -0.1) is 0 Å². The summed E-state index contributed by atoms with van der Waals surface area (Å²) in [5.41, 5.74) is 0. The molecule has 248 valence electrons. The lowest BCUT2D eigenvalue weighted by molar-refractivity contribution is -0.118. The number of rotatable bonds is 20. The van der Waals surface area contributed by atoms with E-state index >= 15 is 0 Å². The van der Waals surface area contributed by atoms with Crippen LogP contribution >= 0.6 is 0 Å². The second-order valence-corrected chi connectivity index (χ2v) is 18.3. The number of Topliss-reactive ketones (excluding diaryl/α,β-unsaturated/α-hetero) is 1. The first-order valence-corrected chi connectivity index (χ1v) is 19.8. The smallest absolute Gasteiger partial charge is 0.261 e. The number of ether oxygens (including phenoxy) is 1. The summed E-state index contributed by atoms with van der Waals surface area (Å²) in [5, 5.41) is 13.2. The van der Waals surface area contributed by atoms with Gasteiger partial charge < -0.3 is 14.3 Å². The van der Waals surface area contributed by atoms with Crippen molar-refractivity contribution >= 4 is 24.5 Å². The van der Waals surface area contributed by atoms with Gasteiger partial charge in [-0.25, -0.2) is 0 Å². The van der Waals surface area contributed by atoms with Crippen molar-refractivity contribution in [2.75, 3.05) is 6.61 Å². The third-order valence-electron chi connectivity index (χ3n) is 9.25. The maximum Gasteiger partial charge on any atom is 0.261 e. The Morgan fingerprint density at radius 1 is 0.844 bits per heavy atom. The molecule has 0 radical (unpaired) electrons. The average Bonchev–Trinajstić information content (AvgIpc) is 3.51. The molecule has 0 spiro atoms. The van der Waals surface area contributed by atoms with E-state index in [0.717, 1.165) is 25.7 Å². The van der Waals surface area contributed by atoms with E-state index in [1.807, 2.05) is 12.1 Å². The number of benzene rings is 2. The fraction of sp³-hybridized carbons (Fsp3) is 0.625. The standard InChI is InChI=1S/C40H60O4Si/c1-5-6-7-8-9-10-11-12-13-14-15-16-17-20-25-34(41)32-38(42)39-31-30-35(44-39)33-43-45(40(2,3)4,36-26-21-18-22-27-36)37-28-23-19-24-29-37/h18-19,21-24,26-29,35,38-39,42H,5-17,30-33H2,1-4H3/t35-,38-,39-/m0/s1. The van der Waals surface area contributed by atoms with E-state index in [0.29, 0.717) is 6.61 Å². The minimum Gasteiger partial charge on any atom is -0.405 e. The Labute approximate surface area is 275 Å². The highest BCUT2D eigenvalue weighted by atomic mass is 28.4. The molecule has 0 unspecified atom stereocenters. The molecule has 3 rings (SSSR count). The van der Waals surface area contributed by atoms with Crippen molar-refractivity contribution in [1.82, 2.24) is 0 Å². The van der Waals surface area contributed by atoms with Crippen molar-refractivity contribution in [2.24, 2.45) is 0 Å². The molecule has 1 fully saturated rings.